The smallest absolute Gasteiger partial charge is 0.221 e. The van der Waals surface area contributed by atoms with Gasteiger partial charge >= 0.3 is 0 Å². The molecule has 1 unspecified atom stereocenters. The number of anilines is 1. The zero-order chi connectivity index (χ0) is 19.8. The number of aliphatic imine (C=N–C) groups is 1. The summed E-state index contributed by atoms with van der Waals surface area (Å²) in [4.78, 5) is 23.0. The Kier molecular flexibility index (Phi) is 7.77. The lowest BCUT2D eigenvalue weighted by atomic mass is 9.95. The lowest BCUT2D eigenvalue weighted by Crippen LogP contribution is -2.46. The quantitative estimate of drug-likeness (QED) is 0.499. The Morgan fingerprint density at radius 1 is 1.25 bits per heavy atom. The Balaban J connectivity index is 1.38. The van der Waals surface area contributed by atoms with Crippen LogP contribution in [0.1, 0.15) is 44.9 Å². The van der Waals surface area contributed by atoms with E-state index in [1.165, 1.54) is 19.3 Å². The summed E-state index contributed by atoms with van der Waals surface area (Å²) in [6.07, 6.45) is 9.17. The van der Waals surface area contributed by atoms with Gasteiger partial charge in [-0.05, 0) is 31.4 Å². The molecule has 0 bridgehead atoms. The van der Waals surface area contributed by atoms with E-state index in [0.29, 0.717) is 24.0 Å². The van der Waals surface area contributed by atoms with Gasteiger partial charge in [0.1, 0.15) is 5.82 Å². The minimum atomic E-state index is 0.117. The summed E-state index contributed by atoms with van der Waals surface area (Å²) >= 11 is 6.25. The maximum Gasteiger partial charge on any atom is 0.221 e. The number of hydrogen-bond acceptors (Lipinski definition) is 4. The van der Waals surface area contributed by atoms with Gasteiger partial charge in [0.15, 0.2) is 5.96 Å². The first-order valence-corrected chi connectivity index (χ1v) is 10.7. The third-order valence-corrected chi connectivity index (χ3v) is 5.70. The minimum Gasteiger partial charge on any atom is -0.356 e. The number of hydrogen-bond donors (Lipinski definition) is 3. The van der Waals surface area contributed by atoms with Crippen molar-refractivity contribution in [1.82, 2.24) is 20.9 Å². The molecule has 1 aromatic rings. The Morgan fingerprint density at radius 3 is 2.82 bits per heavy atom. The first kappa shape index (κ1) is 20.7. The number of halogens is 1. The Morgan fingerprint density at radius 2 is 2.07 bits per heavy atom. The molecule has 2 aliphatic rings. The highest BCUT2D eigenvalue weighted by molar-refractivity contribution is 6.32. The highest BCUT2D eigenvalue weighted by Crippen LogP contribution is 2.25. The van der Waals surface area contributed by atoms with Gasteiger partial charge in [0.05, 0.1) is 5.02 Å². The van der Waals surface area contributed by atoms with Gasteiger partial charge in [-0.25, -0.2) is 4.98 Å². The fraction of sp³-hybridized carbons (Fsp3) is 0.650. The van der Waals surface area contributed by atoms with Crippen molar-refractivity contribution >= 4 is 29.3 Å². The molecular weight excluding hydrogens is 376 g/mol. The van der Waals surface area contributed by atoms with Crippen molar-refractivity contribution in [3.05, 3.63) is 23.4 Å². The molecule has 3 N–H and O–H groups in total. The molecule has 1 aliphatic carbocycles. The van der Waals surface area contributed by atoms with Gasteiger partial charge in [0.25, 0.3) is 0 Å². The molecular formula is C20H31ClN6O. The van der Waals surface area contributed by atoms with E-state index in [4.69, 9.17) is 11.6 Å². The van der Waals surface area contributed by atoms with Crippen LogP contribution in [0.4, 0.5) is 5.82 Å². The van der Waals surface area contributed by atoms with Crippen LogP contribution in [0.3, 0.4) is 0 Å². The number of amides is 1. The number of carbonyl (C=O) groups excluding carboxylic acids is 1. The molecule has 0 spiro atoms. The van der Waals surface area contributed by atoms with Crippen LogP contribution in [-0.2, 0) is 4.79 Å². The van der Waals surface area contributed by atoms with Gasteiger partial charge < -0.3 is 20.9 Å². The zero-order valence-corrected chi connectivity index (χ0v) is 17.3. The maximum atomic E-state index is 12.1. The van der Waals surface area contributed by atoms with Crippen molar-refractivity contribution in [2.45, 2.75) is 57.0 Å². The van der Waals surface area contributed by atoms with Crippen LogP contribution in [0.5, 0.6) is 0 Å². The normalized spacial score (nSPS) is 20.9. The van der Waals surface area contributed by atoms with E-state index < -0.39 is 0 Å². The molecule has 1 amide bonds. The molecule has 28 heavy (non-hydrogen) atoms. The highest BCUT2D eigenvalue weighted by Gasteiger charge is 2.25. The summed E-state index contributed by atoms with van der Waals surface area (Å²) in [6.45, 7) is 2.29. The molecule has 0 aromatic carbocycles. The first-order chi connectivity index (χ1) is 13.7. The summed E-state index contributed by atoms with van der Waals surface area (Å²) < 4.78 is 0. The molecule has 1 aromatic heterocycles. The van der Waals surface area contributed by atoms with Crippen molar-refractivity contribution in [2.75, 3.05) is 31.6 Å². The van der Waals surface area contributed by atoms with Crippen LogP contribution in [0, 0.1) is 0 Å². The number of aromatic nitrogens is 1. The van der Waals surface area contributed by atoms with E-state index in [1.54, 1.807) is 13.2 Å². The lowest BCUT2D eigenvalue weighted by molar-refractivity contribution is -0.121. The zero-order valence-electron chi connectivity index (χ0n) is 16.6. The van der Waals surface area contributed by atoms with Gasteiger partial charge in [-0.3, -0.25) is 9.79 Å². The highest BCUT2D eigenvalue weighted by atomic mass is 35.5. The van der Waals surface area contributed by atoms with E-state index in [1.807, 2.05) is 12.1 Å². The van der Waals surface area contributed by atoms with Crippen LogP contribution in [0.25, 0.3) is 0 Å². The molecule has 1 atom stereocenters. The molecule has 1 saturated carbocycles. The van der Waals surface area contributed by atoms with Crippen LogP contribution in [0.15, 0.2) is 23.3 Å². The molecule has 154 valence electrons. The number of nitrogens with one attached hydrogen (secondary N) is 3. The van der Waals surface area contributed by atoms with Gasteiger partial charge in [-0.1, -0.05) is 30.9 Å². The van der Waals surface area contributed by atoms with Gasteiger partial charge in [-0.2, -0.15) is 0 Å². The first-order valence-electron chi connectivity index (χ1n) is 10.3. The average molecular weight is 407 g/mol. The summed E-state index contributed by atoms with van der Waals surface area (Å²) in [5.41, 5.74) is 0. The van der Waals surface area contributed by atoms with Gasteiger partial charge in [0, 0.05) is 51.4 Å². The van der Waals surface area contributed by atoms with Crippen LogP contribution < -0.4 is 20.9 Å². The molecule has 1 saturated heterocycles. The van der Waals surface area contributed by atoms with Crippen LogP contribution in [0.2, 0.25) is 5.02 Å². The Hall–Kier alpha value is -2.02. The Bertz CT molecular complexity index is 676. The Labute approximate surface area is 172 Å². The van der Waals surface area contributed by atoms with Crippen molar-refractivity contribution in [3.63, 3.8) is 0 Å². The van der Waals surface area contributed by atoms with Gasteiger partial charge in [-0.15, -0.1) is 0 Å². The summed E-state index contributed by atoms with van der Waals surface area (Å²) in [5, 5.41) is 10.5. The summed E-state index contributed by atoms with van der Waals surface area (Å²) in [6, 6.07) is 4.33. The molecule has 0 radical (unpaired) electrons. The molecule has 2 fully saturated rings. The predicted molar refractivity (Wildman–Crippen MR) is 114 cm³/mol. The number of carbonyl (C=O) groups is 1. The topological polar surface area (TPSA) is 81.6 Å². The second-order valence-corrected chi connectivity index (χ2v) is 7.94. The average Bonchev–Trinajstić information content (AvgIpc) is 3.16. The van der Waals surface area contributed by atoms with Crippen molar-refractivity contribution in [3.8, 4) is 0 Å². The minimum absolute atomic E-state index is 0.117. The van der Waals surface area contributed by atoms with Crippen LogP contribution in [-0.4, -0.2) is 55.6 Å². The third-order valence-electron chi connectivity index (χ3n) is 5.41. The third kappa shape index (κ3) is 5.99. The lowest BCUT2D eigenvalue weighted by Gasteiger charge is -2.23. The van der Waals surface area contributed by atoms with Crippen molar-refractivity contribution in [2.24, 2.45) is 4.99 Å². The number of nitrogens with zero attached hydrogens (tertiary/aromatic N) is 3. The molecule has 1 aliphatic heterocycles. The van der Waals surface area contributed by atoms with E-state index in [0.717, 1.165) is 44.1 Å². The van der Waals surface area contributed by atoms with E-state index in [9.17, 15) is 4.79 Å². The monoisotopic (exact) mass is 406 g/mol. The molecule has 3 rings (SSSR count). The number of guanidine groups is 1. The molecule has 8 heteroatoms. The SMILES string of the molecule is CN=C(NCCC(=O)NC1CCCCC1)NC1CCN(c2ncccc2Cl)C1. The van der Waals surface area contributed by atoms with Gasteiger partial charge in [0.2, 0.25) is 5.91 Å². The number of pyridine rings is 1. The van der Waals surface area contributed by atoms with Crippen LogP contribution >= 0.6 is 11.6 Å². The number of rotatable bonds is 6. The van der Waals surface area contributed by atoms with E-state index >= 15 is 0 Å². The summed E-state index contributed by atoms with van der Waals surface area (Å²) in [5.74, 6) is 1.67. The van der Waals surface area contributed by atoms with Crippen molar-refractivity contribution in [1.29, 1.82) is 0 Å². The second-order valence-electron chi connectivity index (χ2n) is 7.54. The largest absolute Gasteiger partial charge is 0.356 e. The molecule has 2 heterocycles. The fourth-order valence-corrected chi connectivity index (χ4v) is 4.15. The second kappa shape index (κ2) is 10.5. The maximum absolute atomic E-state index is 12.1. The van der Waals surface area contributed by atoms with E-state index in [2.05, 4.69) is 30.8 Å². The summed E-state index contributed by atoms with van der Waals surface area (Å²) in [7, 11) is 1.75. The fourth-order valence-electron chi connectivity index (χ4n) is 3.91. The van der Waals surface area contributed by atoms with E-state index in [-0.39, 0.29) is 11.9 Å². The predicted octanol–water partition coefficient (Wildman–Crippen LogP) is 2.32. The molecule has 7 nitrogen and oxygen atoms in total. The van der Waals surface area contributed by atoms with Crippen molar-refractivity contribution < 1.29 is 4.79 Å². The standard InChI is InChI=1S/C20H31ClN6O/c1-22-20(24-12-9-18(28)25-15-6-3-2-4-7-15)26-16-10-13-27(14-16)19-17(21)8-5-11-23-19/h5,8,11,15-16H,2-4,6-7,9-10,12-14H2,1H3,(H,25,28)(H2,22,24,26).